The average Bonchev–Trinajstić information content (AvgIpc) is 2.70. The molecular formula is C16H32N2O. The topological polar surface area (TPSA) is 24.5 Å². The van der Waals surface area contributed by atoms with Gasteiger partial charge in [0.2, 0.25) is 0 Å². The molecule has 0 aromatic carbocycles. The molecule has 0 unspecified atom stereocenters. The lowest BCUT2D eigenvalue weighted by molar-refractivity contribution is 0.0995. The summed E-state index contributed by atoms with van der Waals surface area (Å²) >= 11 is 0. The maximum Gasteiger partial charge on any atom is 0.0491 e. The van der Waals surface area contributed by atoms with Crippen LogP contribution in [-0.4, -0.2) is 50.8 Å². The molecule has 1 aliphatic heterocycles. The maximum atomic E-state index is 5.26. The van der Waals surface area contributed by atoms with Crippen LogP contribution in [0.3, 0.4) is 0 Å². The molecule has 2 fully saturated rings. The van der Waals surface area contributed by atoms with Crippen LogP contribution in [0.4, 0.5) is 0 Å². The summed E-state index contributed by atoms with van der Waals surface area (Å²) in [6, 6.07) is 0.800. The molecule has 1 heterocycles. The summed E-state index contributed by atoms with van der Waals surface area (Å²) in [5.74, 6) is 0.802. The van der Waals surface area contributed by atoms with E-state index in [9.17, 15) is 0 Å². The van der Waals surface area contributed by atoms with Gasteiger partial charge in [0.1, 0.15) is 0 Å². The molecule has 0 atom stereocenters. The van der Waals surface area contributed by atoms with E-state index in [1.807, 2.05) is 7.11 Å². The highest BCUT2D eigenvalue weighted by Crippen LogP contribution is 2.18. The third-order valence-electron chi connectivity index (χ3n) is 4.83. The van der Waals surface area contributed by atoms with Gasteiger partial charge in [-0.25, -0.2) is 0 Å². The number of nitrogens with zero attached hydrogens (tertiary/aromatic N) is 1. The zero-order valence-electron chi connectivity index (χ0n) is 12.7. The molecule has 0 radical (unpaired) electrons. The number of hydrogen-bond acceptors (Lipinski definition) is 3. The summed E-state index contributed by atoms with van der Waals surface area (Å²) in [4.78, 5) is 2.62. The lowest BCUT2D eigenvalue weighted by atomic mass is 9.98. The van der Waals surface area contributed by atoms with Crippen LogP contribution in [-0.2, 0) is 4.74 Å². The van der Waals surface area contributed by atoms with E-state index >= 15 is 0 Å². The fourth-order valence-corrected chi connectivity index (χ4v) is 3.52. The number of hydrogen-bond donors (Lipinski definition) is 1. The van der Waals surface area contributed by atoms with Crippen LogP contribution in [0.2, 0.25) is 0 Å². The maximum absolute atomic E-state index is 5.26. The largest absolute Gasteiger partial charge is 0.384 e. The van der Waals surface area contributed by atoms with Crippen LogP contribution in [0.15, 0.2) is 0 Å². The van der Waals surface area contributed by atoms with Gasteiger partial charge in [0.25, 0.3) is 0 Å². The van der Waals surface area contributed by atoms with Crippen molar-refractivity contribution in [1.29, 1.82) is 0 Å². The summed E-state index contributed by atoms with van der Waals surface area (Å²) in [5.41, 5.74) is 0. The molecule has 2 aliphatic rings. The Morgan fingerprint density at radius 2 is 1.68 bits per heavy atom. The standard InChI is InChI=1S/C16H32N2O/c1-19-14-15-8-11-18(12-9-15)13-10-17-16-6-4-2-3-5-7-16/h15-17H,2-14H2,1H3. The van der Waals surface area contributed by atoms with E-state index in [1.165, 1.54) is 77.5 Å². The number of rotatable bonds is 6. The Morgan fingerprint density at radius 3 is 2.32 bits per heavy atom. The van der Waals surface area contributed by atoms with Crippen molar-refractivity contribution < 1.29 is 4.74 Å². The zero-order chi connectivity index (χ0) is 13.3. The average molecular weight is 268 g/mol. The SMILES string of the molecule is COCC1CCN(CCNC2CCCCCC2)CC1. The Kier molecular flexibility index (Phi) is 7.18. The quantitative estimate of drug-likeness (QED) is 0.750. The minimum Gasteiger partial charge on any atom is -0.384 e. The van der Waals surface area contributed by atoms with Crippen LogP contribution in [0.1, 0.15) is 51.4 Å². The lowest BCUT2D eigenvalue weighted by Gasteiger charge is -2.32. The van der Waals surface area contributed by atoms with Gasteiger partial charge in [-0.3, -0.25) is 0 Å². The third kappa shape index (κ3) is 5.80. The van der Waals surface area contributed by atoms with Crippen molar-refractivity contribution in [3.8, 4) is 0 Å². The molecule has 3 heteroatoms. The minimum absolute atomic E-state index is 0.800. The number of ether oxygens (including phenoxy) is 1. The van der Waals surface area contributed by atoms with Gasteiger partial charge < -0.3 is 15.0 Å². The van der Waals surface area contributed by atoms with Gasteiger partial charge in [-0.1, -0.05) is 25.7 Å². The molecule has 1 aliphatic carbocycles. The molecule has 1 saturated heterocycles. The van der Waals surface area contributed by atoms with Crippen molar-refractivity contribution in [1.82, 2.24) is 10.2 Å². The molecule has 0 aromatic rings. The van der Waals surface area contributed by atoms with Gasteiger partial charge in [-0.05, 0) is 44.7 Å². The molecule has 1 N–H and O–H groups in total. The third-order valence-corrected chi connectivity index (χ3v) is 4.83. The molecule has 0 spiro atoms. The van der Waals surface area contributed by atoms with Crippen LogP contribution >= 0.6 is 0 Å². The molecule has 0 aromatic heterocycles. The predicted molar refractivity (Wildman–Crippen MR) is 80.5 cm³/mol. The van der Waals surface area contributed by atoms with Gasteiger partial charge in [-0.15, -0.1) is 0 Å². The predicted octanol–water partition coefficient (Wildman–Crippen LogP) is 2.66. The van der Waals surface area contributed by atoms with E-state index < -0.39 is 0 Å². The van der Waals surface area contributed by atoms with E-state index in [2.05, 4.69) is 10.2 Å². The van der Waals surface area contributed by atoms with E-state index in [0.717, 1.165) is 18.6 Å². The van der Waals surface area contributed by atoms with Crippen molar-refractivity contribution in [2.75, 3.05) is 39.9 Å². The van der Waals surface area contributed by atoms with Crippen LogP contribution < -0.4 is 5.32 Å². The normalized spacial score (nSPS) is 24.5. The fourth-order valence-electron chi connectivity index (χ4n) is 3.52. The molecule has 1 saturated carbocycles. The second-order valence-electron chi connectivity index (χ2n) is 6.38. The van der Waals surface area contributed by atoms with Gasteiger partial charge in [0.15, 0.2) is 0 Å². The van der Waals surface area contributed by atoms with Crippen LogP contribution in [0, 0.1) is 5.92 Å². The Morgan fingerprint density at radius 1 is 1.00 bits per heavy atom. The Hall–Kier alpha value is -0.120. The molecule has 0 amide bonds. The first-order chi connectivity index (χ1) is 9.38. The second kappa shape index (κ2) is 8.93. The van der Waals surface area contributed by atoms with E-state index in [0.29, 0.717) is 0 Å². The highest BCUT2D eigenvalue weighted by Gasteiger charge is 2.19. The summed E-state index contributed by atoms with van der Waals surface area (Å²) in [5, 5.41) is 3.78. The van der Waals surface area contributed by atoms with E-state index in [4.69, 9.17) is 4.74 Å². The van der Waals surface area contributed by atoms with Crippen molar-refractivity contribution in [3.63, 3.8) is 0 Å². The molecule has 19 heavy (non-hydrogen) atoms. The van der Waals surface area contributed by atoms with E-state index in [-0.39, 0.29) is 0 Å². The first kappa shape index (κ1) is 15.3. The highest BCUT2D eigenvalue weighted by molar-refractivity contribution is 4.75. The number of piperidine rings is 1. The van der Waals surface area contributed by atoms with Crippen molar-refractivity contribution in [2.45, 2.75) is 57.4 Å². The summed E-state index contributed by atoms with van der Waals surface area (Å²) in [6.45, 7) is 5.89. The van der Waals surface area contributed by atoms with Gasteiger partial charge in [-0.2, -0.15) is 0 Å². The van der Waals surface area contributed by atoms with Crippen LogP contribution in [0.5, 0.6) is 0 Å². The summed E-state index contributed by atoms with van der Waals surface area (Å²) in [6.07, 6.45) is 11.2. The van der Waals surface area contributed by atoms with E-state index in [1.54, 1.807) is 0 Å². The first-order valence-corrected chi connectivity index (χ1v) is 8.33. The number of likely N-dealkylation sites (tertiary alicyclic amines) is 1. The smallest absolute Gasteiger partial charge is 0.0491 e. The second-order valence-corrected chi connectivity index (χ2v) is 6.38. The lowest BCUT2D eigenvalue weighted by Crippen LogP contribution is -2.41. The number of methoxy groups -OCH3 is 1. The zero-order valence-corrected chi connectivity index (χ0v) is 12.7. The minimum atomic E-state index is 0.800. The van der Waals surface area contributed by atoms with Crippen molar-refractivity contribution in [2.24, 2.45) is 5.92 Å². The molecule has 3 nitrogen and oxygen atoms in total. The van der Waals surface area contributed by atoms with Gasteiger partial charge >= 0.3 is 0 Å². The molecular weight excluding hydrogens is 236 g/mol. The first-order valence-electron chi connectivity index (χ1n) is 8.33. The molecule has 2 rings (SSSR count). The van der Waals surface area contributed by atoms with Gasteiger partial charge in [0.05, 0.1) is 0 Å². The van der Waals surface area contributed by atoms with Gasteiger partial charge in [0, 0.05) is 32.8 Å². The highest BCUT2D eigenvalue weighted by atomic mass is 16.5. The van der Waals surface area contributed by atoms with Crippen molar-refractivity contribution >= 4 is 0 Å². The Labute approximate surface area is 119 Å². The number of nitrogens with one attached hydrogen (secondary N) is 1. The Bertz CT molecular complexity index is 219. The van der Waals surface area contributed by atoms with Crippen molar-refractivity contribution in [3.05, 3.63) is 0 Å². The fraction of sp³-hybridized carbons (Fsp3) is 1.00. The summed E-state index contributed by atoms with van der Waals surface area (Å²) in [7, 11) is 1.82. The molecule has 0 bridgehead atoms. The monoisotopic (exact) mass is 268 g/mol. The Balaban J connectivity index is 1.53. The molecule has 112 valence electrons. The summed E-state index contributed by atoms with van der Waals surface area (Å²) < 4.78 is 5.26. The van der Waals surface area contributed by atoms with Crippen LogP contribution in [0.25, 0.3) is 0 Å².